The van der Waals surface area contributed by atoms with Gasteiger partial charge in [-0.3, -0.25) is 14.6 Å². The second kappa shape index (κ2) is 10.0. The number of pyridine rings is 1. The number of likely N-dealkylation sites (tertiary alicyclic amines) is 1. The van der Waals surface area contributed by atoms with Gasteiger partial charge in [0.1, 0.15) is 11.5 Å². The van der Waals surface area contributed by atoms with Crippen LogP contribution in [0.2, 0.25) is 0 Å². The lowest BCUT2D eigenvalue weighted by Crippen LogP contribution is -2.31. The molecule has 0 aliphatic carbocycles. The Kier molecular flexibility index (Phi) is 7.19. The molecule has 1 aliphatic heterocycles. The predicted octanol–water partition coefficient (Wildman–Crippen LogP) is 3.33. The van der Waals surface area contributed by atoms with Crippen molar-refractivity contribution in [1.82, 2.24) is 9.88 Å². The van der Waals surface area contributed by atoms with Gasteiger partial charge in [-0.15, -0.1) is 0 Å². The number of hydrogen-bond acceptors (Lipinski definition) is 6. The SMILES string of the molecule is CCCOc1cccc(/C(O)=C2\C(=O)C(=O)N(CCCOC)C2c2ccncc2)c1. The van der Waals surface area contributed by atoms with Gasteiger partial charge in [-0.1, -0.05) is 19.1 Å². The Morgan fingerprint density at radius 1 is 1.17 bits per heavy atom. The van der Waals surface area contributed by atoms with Gasteiger partial charge in [0.05, 0.1) is 18.2 Å². The maximum absolute atomic E-state index is 12.9. The summed E-state index contributed by atoms with van der Waals surface area (Å²) >= 11 is 0. The van der Waals surface area contributed by atoms with Gasteiger partial charge < -0.3 is 19.5 Å². The molecule has 1 atom stereocenters. The van der Waals surface area contributed by atoms with Crippen molar-refractivity contribution in [1.29, 1.82) is 0 Å². The molecule has 30 heavy (non-hydrogen) atoms. The number of aliphatic hydroxyl groups is 1. The smallest absolute Gasteiger partial charge is 0.295 e. The fourth-order valence-corrected chi connectivity index (χ4v) is 3.49. The molecular formula is C23H26N2O5. The van der Waals surface area contributed by atoms with Crippen LogP contribution in [-0.4, -0.2) is 53.5 Å². The average Bonchev–Trinajstić information content (AvgIpc) is 3.03. The van der Waals surface area contributed by atoms with Crippen LogP contribution in [0.15, 0.2) is 54.4 Å². The normalized spacial score (nSPS) is 18.1. The summed E-state index contributed by atoms with van der Waals surface area (Å²) in [6.07, 6.45) is 4.63. The number of carbonyl (C=O) groups is 2. The number of rotatable bonds is 9. The monoisotopic (exact) mass is 410 g/mol. The highest BCUT2D eigenvalue weighted by molar-refractivity contribution is 6.46. The maximum atomic E-state index is 12.9. The third-order valence-corrected chi connectivity index (χ3v) is 4.89. The molecule has 2 aromatic rings. The van der Waals surface area contributed by atoms with E-state index in [1.165, 1.54) is 4.90 Å². The van der Waals surface area contributed by atoms with Gasteiger partial charge in [-0.25, -0.2) is 0 Å². The lowest BCUT2D eigenvalue weighted by Gasteiger charge is -2.25. The number of aromatic nitrogens is 1. The molecule has 1 fully saturated rings. The lowest BCUT2D eigenvalue weighted by atomic mass is 9.96. The molecule has 1 unspecified atom stereocenters. The van der Waals surface area contributed by atoms with E-state index in [1.807, 2.05) is 6.92 Å². The molecular weight excluding hydrogens is 384 g/mol. The molecule has 1 amide bonds. The van der Waals surface area contributed by atoms with Crippen molar-refractivity contribution in [3.8, 4) is 5.75 Å². The summed E-state index contributed by atoms with van der Waals surface area (Å²) in [6, 6.07) is 9.70. The average molecular weight is 410 g/mol. The van der Waals surface area contributed by atoms with E-state index in [0.29, 0.717) is 43.1 Å². The van der Waals surface area contributed by atoms with Crippen LogP contribution in [-0.2, 0) is 14.3 Å². The molecule has 158 valence electrons. The van der Waals surface area contributed by atoms with E-state index in [0.717, 1.165) is 6.42 Å². The first-order valence-corrected chi connectivity index (χ1v) is 9.99. The third kappa shape index (κ3) is 4.52. The number of nitrogens with zero attached hydrogens (tertiary/aromatic N) is 2. The number of aliphatic hydroxyl groups excluding tert-OH is 1. The number of ketones is 1. The zero-order valence-corrected chi connectivity index (χ0v) is 17.2. The van der Waals surface area contributed by atoms with Crippen molar-refractivity contribution in [2.75, 3.05) is 26.9 Å². The van der Waals surface area contributed by atoms with E-state index in [4.69, 9.17) is 9.47 Å². The molecule has 7 heteroatoms. The van der Waals surface area contributed by atoms with E-state index in [1.54, 1.807) is 55.9 Å². The van der Waals surface area contributed by atoms with Gasteiger partial charge >= 0.3 is 0 Å². The molecule has 0 radical (unpaired) electrons. The fourth-order valence-electron chi connectivity index (χ4n) is 3.49. The number of hydrogen-bond donors (Lipinski definition) is 1. The van der Waals surface area contributed by atoms with E-state index in [9.17, 15) is 14.7 Å². The van der Waals surface area contributed by atoms with Crippen LogP contribution in [0, 0.1) is 0 Å². The van der Waals surface area contributed by atoms with Crippen LogP contribution >= 0.6 is 0 Å². The maximum Gasteiger partial charge on any atom is 0.295 e. The summed E-state index contributed by atoms with van der Waals surface area (Å²) < 4.78 is 10.7. The van der Waals surface area contributed by atoms with Crippen molar-refractivity contribution in [3.63, 3.8) is 0 Å². The van der Waals surface area contributed by atoms with Gasteiger partial charge in [0.2, 0.25) is 0 Å². The predicted molar refractivity (Wildman–Crippen MR) is 112 cm³/mol. The Hall–Kier alpha value is -3.19. The second-order valence-corrected chi connectivity index (χ2v) is 7.00. The minimum Gasteiger partial charge on any atom is -0.507 e. The molecule has 1 aliphatic rings. The first kappa shape index (κ1) is 21.5. The molecule has 1 aromatic carbocycles. The van der Waals surface area contributed by atoms with Crippen molar-refractivity contribution in [2.45, 2.75) is 25.8 Å². The minimum atomic E-state index is -0.702. The summed E-state index contributed by atoms with van der Waals surface area (Å²) in [6.45, 7) is 3.35. The quantitative estimate of drug-likeness (QED) is 0.295. The van der Waals surface area contributed by atoms with Crippen LogP contribution in [0.1, 0.15) is 36.9 Å². The van der Waals surface area contributed by atoms with Gasteiger partial charge in [-0.2, -0.15) is 0 Å². The highest BCUT2D eigenvalue weighted by Gasteiger charge is 2.45. The summed E-state index contributed by atoms with van der Waals surface area (Å²) in [7, 11) is 1.59. The molecule has 0 saturated carbocycles. The molecule has 1 saturated heterocycles. The highest BCUT2D eigenvalue weighted by atomic mass is 16.5. The lowest BCUT2D eigenvalue weighted by molar-refractivity contribution is -0.140. The molecule has 3 rings (SSSR count). The number of benzene rings is 1. The van der Waals surface area contributed by atoms with Crippen molar-refractivity contribution in [3.05, 3.63) is 65.5 Å². The Morgan fingerprint density at radius 3 is 2.63 bits per heavy atom. The van der Waals surface area contributed by atoms with E-state index in [-0.39, 0.29) is 11.3 Å². The molecule has 2 heterocycles. The third-order valence-electron chi connectivity index (χ3n) is 4.89. The molecule has 1 aromatic heterocycles. The van der Waals surface area contributed by atoms with Gasteiger partial charge in [0, 0.05) is 38.2 Å². The van der Waals surface area contributed by atoms with Crippen LogP contribution in [0.5, 0.6) is 5.75 Å². The number of ether oxygens (including phenoxy) is 2. The standard InChI is InChI=1S/C23H26N2O5/c1-3-13-30-18-7-4-6-17(15-18)21(26)19-20(16-8-10-24-11-9-16)25(12-5-14-29-2)23(28)22(19)27/h4,6-11,15,20,26H,3,5,12-14H2,1-2H3/b21-19+. The van der Waals surface area contributed by atoms with Crippen molar-refractivity contribution >= 4 is 17.4 Å². The van der Waals surface area contributed by atoms with Crippen LogP contribution in [0.25, 0.3) is 5.76 Å². The Morgan fingerprint density at radius 2 is 1.93 bits per heavy atom. The zero-order valence-electron chi connectivity index (χ0n) is 17.2. The number of Topliss-reactive ketones (excluding diaryl/α,β-unsaturated/α-hetero) is 1. The Bertz CT molecular complexity index is 926. The van der Waals surface area contributed by atoms with Gasteiger partial charge in [-0.05, 0) is 42.7 Å². The summed E-state index contributed by atoms with van der Waals surface area (Å²) in [4.78, 5) is 31.2. The van der Waals surface area contributed by atoms with Crippen LogP contribution in [0.3, 0.4) is 0 Å². The Labute approximate surface area is 175 Å². The first-order valence-electron chi connectivity index (χ1n) is 9.99. The topological polar surface area (TPSA) is 89.0 Å². The van der Waals surface area contributed by atoms with E-state index >= 15 is 0 Å². The van der Waals surface area contributed by atoms with E-state index < -0.39 is 17.7 Å². The molecule has 1 N–H and O–H groups in total. The zero-order chi connectivity index (χ0) is 21.5. The fraction of sp³-hybridized carbons (Fsp3) is 0.348. The van der Waals surface area contributed by atoms with Crippen LogP contribution in [0.4, 0.5) is 0 Å². The van der Waals surface area contributed by atoms with Gasteiger partial charge in [0.15, 0.2) is 0 Å². The Balaban J connectivity index is 2.05. The van der Waals surface area contributed by atoms with Crippen molar-refractivity contribution < 1.29 is 24.2 Å². The number of carbonyl (C=O) groups excluding carboxylic acids is 2. The number of amides is 1. The summed E-state index contributed by atoms with van der Waals surface area (Å²) in [5.74, 6) is -0.957. The second-order valence-electron chi connectivity index (χ2n) is 7.00. The highest BCUT2D eigenvalue weighted by Crippen LogP contribution is 2.39. The van der Waals surface area contributed by atoms with Gasteiger partial charge in [0.25, 0.3) is 11.7 Å². The summed E-state index contributed by atoms with van der Waals surface area (Å²) in [5.41, 5.74) is 1.20. The number of methoxy groups -OCH3 is 1. The largest absolute Gasteiger partial charge is 0.507 e. The van der Waals surface area contributed by atoms with Crippen LogP contribution < -0.4 is 4.74 Å². The van der Waals surface area contributed by atoms with Crippen molar-refractivity contribution in [2.24, 2.45) is 0 Å². The molecule has 0 spiro atoms. The first-order chi connectivity index (χ1) is 14.6. The van der Waals surface area contributed by atoms with E-state index in [2.05, 4.69) is 4.98 Å². The molecule has 7 nitrogen and oxygen atoms in total. The molecule has 0 bridgehead atoms. The summed E-state index contributed by atoms with van der Waals surface area (Å²) in [5, 5.41) is 11.1. The minimum absolute atomic E-state index is 0.0660.